The average molecular weight is 377 g/mol. The molecule has 0 atom stereocenters. The van der Waals surface area contributed by atoms with Gasteiger partial charge in [-0.1, -0.05) is 23.7 Å². The number of hydrogen-bond donors (Lipinski definition) is 0. The maximum atomic E-state index is 13.9. The van der Waals surface area contributed by atoms with Crippen molar-refractivity contribution in [3.63, 3.8) is 0 Å². The molecular formula is C20H22ClFN2O2. The van der Waals surface area contributed by atoms with E-state index in [9.17, 15) is 9.18 Å². The molecule has 6 heteroatoms. The Labute approximate surface area is 158 Å². The van der Waals surface area contributed by atoms with E-state index in [2.05, 4.69) is 0 Å². The predicted octanol–water partition coefficient (Wildman–Crippen LogP) is 3.99. The second kappa shape index (κ2) is 7.54. The van der Waals surface area contributed by atoms with Gasteiger partial charge in [-0.05, 0) is 50.2 Å². The molecule has 0 aromatic heterocycles. The first-order valence-corrected chi connectivity index (χ1v) is 8.98. The molecule has 0 spiro atoms. The summed E-state index contributed by atoms with van der Waals surface area (Å²) in [6, 6.07) is 13.7. The molecule has 1 aliphatic heterocycles. The summed E-state index contributed by atoms with van der Waals surface area (Å²) in [5.74, 6) is 0.275. The summed E-state index contributed by atoms with van der Waals surface area (Å²) >= 11 is 5.88. The van der Waals surface area contributed by atoms with Gasteiger partial charge in [-0.15, -0.1) is 0 Å². The normalized spacial score (nSPS) is 15.1. The fraction of sp³-hybridized carbons (Fsp3) is 0.350. The van der Waals surface area contributed by atoms with Crippen LogP contribution in [0.15, 0.2) is 48.5 Å². The van der Waals surface area contributed by atoms with E-state index in [0.29, 0.717) is 42.6 Å². The van der Waals surface area contributed by atoms with E-state index in [-0.39, 0.29) is 11.7 Å². The number of nitrogens with zero attached hydrogens (tertiary/aromatic N) is 2. The van der Waals surface area contributed by atoms with Gasteiger partial charge in [-0.2, -0.15) is 0 Å². The van der Waals surface area contributed by atoms with Gasteiger partial charge in [-0.3, -0.25) is 4.79 Å². The topological polar surface area (TPSA) is 32.8 Å². The first-order valence-electron chi connectivity index (χ1n) is 8.60. The van der Waals surface area contributed by atoms with Crippen molar-refractivity contribution in [3.05, 3.63) is 59.4 Å². The van der Waals surface area contributed by atoms with Crippen molar-refractivity contribution in [1.29, 1.82) is 0 Å². The van der Waals surface area contributed by atoms with Crippen LogP contribution in [0.2, 0.25) is 5.02 Å². The number of hydrogen-bond acceptors (Lipinski definition) is 3. The lowest BCUT2D eigenvalue weighted by molar-refractivity contribution is -0.145. The van der Waals surface area contributed by atoms with Crippen LogP contribution in [-0.2, 0) is 4.79 Å². The number of anilines is 1. The van der Waals surface area contributed by atoms with Crippen LogP contribution in [0.3, 0.4) is 0 Å². The van der Waals surface area contributed by atoms with Gasteiger partial charge in [-0.25, -0.2) is 4.39 Å². The number of rotatable bonds is 4. The van der Waals surface area contributed by atoms with E-state index in [4.69, 9.17) is 16.3 Å². The smallest absolute Gasteiger partial charge is 0.266 e. The minimum absolute atomic E-state index is 0.0827. The standard InChI is InChI=1S/C20H22ClFN2O2/c1-20(2,26-16-9-7-15(21)8-10-16)19(25)24-13-11-23(12-14-24)18-6-4-3-5-17(18)22/h3-10H,11-14H2,1-2H3. The van der Waals surface area contributed by atoms with Crippen molar-refractivity contribution < 1.29 is 13.9 Å². The van der Waals surface area contributed by atoms with Gasteiger partial charge in [0.15, 0.2) is 5.60 Å². The van der Waals surface area contributed by atoms with Gasteiger partial charge in [0.1, 0.15) is 11.6 Å². The molecule has 138 valence electrons. The van der Waals surface area contributed by atoms with Gasteiger partial charge in [0.2, 0.25) is 0 Å². The molecule has 0 saturated carbocycles. The van der Waals surface area contributed by atoms with Crippen molar-refractivity contribution in [3.8, 4) is 5.75 Å². The summed E-state index contributed by atoms with van der Waals surface area (Å²) in [7, 11) is 0. The SMILES string of the molecule is CC(C)(Oc1ccc(Cl)cc1)C(=O)N1CCN(c2ccccc2F)CC1. The molecule has 0 N–H and O–H groups in total. The number of benzene rings is 2. The molecule has 1 saturated heterocycles. The van der Waals surface area contributed by atoms with Crippen LogP contribution in [0.25, 0.3) is 0 Å². The third-order valence-electron chi connectivity index (χ3n) is 4.46. The molecule has 0 aliphatic carbocycles. The molecule has 0 bridgehead atoms. The molecule has 1 amide bonds. The highest BCUT2D eigenvalue weighted by molar-refractivity contribution is 6.30. The van der Waals surface area contributed by atoms with Crippen LogP contribution in [-0.4, -0.2) is 42.6 Å². The zero-order chi connectivity index (χ0) is 18.7. The molecule has 0 radical (unpaired) electrons. The summed E-state index contributed by atoms with van der Waals surface area (Å²) in [6.45, 7) is 5.74. The number of carbonyl (C=O) groups excluding carboxylic acids is 1. The third kappa shape index (κ3) is 4.10. The van der Waals surface area contributed by atoms with Gasteiger partial charge in [0, 0.05) is 31.2 Å². The summed E-state index contributed by atoms with van der Waals surface area (Å²) in [5, 5.41) is 0.616. The fourth-order valence-electron chi connectivity index (χ4n) is 3.08. The largest absolute Gasteiger partial charge is 0.478 e. The molecule has 26 heavy (non-hydrogen) atoms. The number of ether oxygens (including phenoxy) is 1. The second-order valence-electron chi connectivity index (χ2n) is 6.80. The number of halogens is 2. The Hall–Kier alpha value is -2.27. The van der Waals surface area contributed by atoms with E-state index >= 15 is 0 Å². The Morgan fingerprint density at radius 1 is 1.04 bits per heavy atom. The number of piperazine rings is 1. The lowest BCUT2D eigenvalue weighted by atomic mass is 10.1. The van der Waals surface area contributed by atoms with Gasteiger partial charge < -0.3 is 14.5 Å². The Kier molecular flexibility index (Phi) is 5.37. The van der Waals surface area contributed by atoms with Crippen molar-refractivity contribution in [2.45, 2.75) is 19.4 Å². The molecule has 4 nitrogen and oxygen atoms in total. The highest BCUT2D eigenvalue weighted by Crippen LogP contribution is 2.24. The zero-order valence-electron chi connectivity index (χ0n) is 14.9. The molecule has 1 heterocycles. The maximum Gasteiger partial charge on any atom is 0.266 e. The molecular weight excluding hydrogens is 355 g/mol. The van der Waals surface area contributed by atoms with Gasteiger partial charge >= 0.3 is 0 Å². The minimum atomic E-state index is -0.992. The van der Waals surface area contributed by atoms with Crippen molar-refractivity contribution in [1.82, 2.24) is 4.90 Å². The quantitative estimate of drug-likeness (QED) is 0.809. The average Bonchev–Trinajstić information content (AvgIpc) is 2.63. The van der Waals surface area contributed by atoms with Crippen molar-refractivity contribution in [2.24, 2.45) is 0 Å². The van der Waals surface area contributed by atoms with Crippen LogP contribution in [0.4, 0.5) is 10.1 Å². The predicted molar refractivity (Wildman–Crippen MR) is 101 cm³/mol. The van der Waals surface area contributed by atoms with E-state index in [0.717, 1.165) is 0 Å². The van der Waals surface area contributed by atoms with Crippen LogP contribution in [0.5, 0.6) is 5.75 Å². The Balaban J connectivity index is 1.62. The van der Waals surface area contributed by atoms with Gasteiger partial charge in [0.25, 0.3) is 5.91 Å². The Morgan fingerprint density at radius 3 is 2.27 bits per heavy atom. The van der Waals surface area contributed by atoms with E-state index in [1.54, 1.807) is 55.1 Å². The number of carbonyl (C=O) groups is 1. The van der Waals surface area contributed by atoms with Crippen molar-refractivity contribution >= 4 is 23.2 Å². The molecule has 1 aliphatic rings. The van der Waals surface area contributed by atoms with Crippen LogP contribution >= 0.6 is 11.6 Å². The highest BCUT2D eigenvalue weighted by atomic mass is 35.5. The number of para-hydroxylation sites is 1. The highest BCUT2D eigenvalue weighted by Gasteiger charge is 2.36. The monoisotopic (exact) mass is 376 g/mol. The van der Waals surface area contributed by atoms with E-state index in [1.807, 2.05) is 11.0 Å². The summed E-state index contributed by atoms with van der Waals surface area (Å²) in [5.41, 5.74) is -0.412. The first kappa shape index (κ1) is 18.5. The first-order chi connectivity index (χ1) is 12.4. The lowest BCUT2D eigenvalue weighted by Crippen LogP contribution is -2.56. The number of amides is 1. The van der Waals surface area contributed by atoms with Crippen LogP contribution in [0, 0.1) is 5.82 Å². The zero-order valence-corrected chi connectivity index (χ0v) is 15.7. The third-order valence-corrected chi connectivity index (χ3v) is 4.71. The lowest BCUT2D eigenvalue weighted by Gasteiger charge is -2.39. The summed E-state index contributed by atoms with van der Waals surface area (Å²) in [6.07, 6.45) is 0. The van der Waals surface area contributed by atoms with Gasteiger partial charge in [0.05, 0.1) is 5.69 Å². The van der Waals surface area contributed by atoms with Crippen LogP contribution in [0.1, 0.15) is 13.8 Å². The molecule has 0 unspecified atom stereocenters. The molecule has 2 aromatic rings. The summed E-state index contributed by atoms with van der Waals surface area (Å²) < 4.78 is 19.8. The molecule has 1 fully saturated rings. The van der Waals surface area contributed by atoms with Crippen molar-refractivity contribution in [2.75, 3.05) is 31.1 Å². The van der Waals surface area contributed by atoms with E-state index in [1.165, 1.54) is 6.07 Å². The second-order valence-corrected chi connectivity index (χ2v) is 7.23. The molecule has 3 rings (SSSR count). The van der Waals surface area contributed by atoms with E-state index < -0.39 is 5.60 Å². The Morgan fingerprint density at radius 2 is 1.65 bits per heavy atom. The fourth-order valence-corrected chi connectivity index (χ4v) is 3.21. The Bertz CT molecular complexity index is 772. The van der Waals surface area contributed by atoms with Crippen LogP contribution < -0.4 is 9.64 Å². The minimum Gasteiger partial charge on any atom is -0.478 e. The maximum absolute atomic E-state index is 13.9. The summed E-state index contributed by atoms with van der Waals surface area (Å²) in [4.78, 5) is 16.6. The molecule has 2 aromatic carbocycles.